The number of anilines is 2. The van der Waals surface area contributed by atoms with Crippen molar-refractivity contribution in [1.82, 2.24) is 9.97 Å². The lowest BCUT2D eigenvalue weighted by molar-refractivity contribution is 0.644. The molecule has 0 atom stereocenters. The van der Waals surface area contributed by atoms with Gasteiger partial charge in [-0.3, -0.25) is 0 Å². The van der Waals surface area contributed by atoms with Gasteiger partial charge in [0.2, 0.25) is 0 Å². The molecule has 0 unspecified atom stereocenters. The van der Waals surface area contributed by atoms with Gasteiger partial charge in [-0.15, -0.1) is 0 Å². The lowest BCUT2D eigenvalue weighted by atomic mass is 10.2. The molecule has 4 nitrogen and oxygen atoms in total. The van der Waals surface area contributed by atoms with Gasteiger partial charge in [-0.1, -0.05) is 12.8 Å². The third-order valence-electron chi connectivity index (χ3n) is 3.30. The Labute approximate surface area is 90.5 Å². The first-order valence-electron chi connectivity index (χ1n) is 5.50. The summed E-state index contributed by atoms with van der Waals surface area (Å²) in [5.74, 6) is 1.57. The van der Waals surface area contributed by atoms with Crippen molar-refractivity contribution in [2.24, 2.45) is 0 Å². The average molecular weight is 206 g/mol. The van der Waals surface area contributed by atoms with Crippen LogP contribution in [0.2, 0.25) is 0 Å². The van der Waals surface area contributed by atoms with E-state index in [1.54, 1.807) is 6.33 Å². The largest absolute Gasteiger partial charge is 0.383 e. The predicted molar refractivity (Wildman–Crippen MR) is 61.8 cm³/mol. The molecular formula is C11H18N4. The highest BCUT2D eigenvalue weighted by atomic mass is 15.2. The highest BCUT2D eigenvalue weighted by molar-refractivity contribution is 5.55. The van der Waals surface area contributed by atoms with Crippen LogP contribution in [-0.2, 0) is 0 Å². The minimum Gasteiger partial charge on any atom is -0.383 e. The van der Waals surface area contributed by atoms with Crippen molar-refractivity contribution >= 4 is 11.6 Å². The van der Waals surface area contributed by atoms with Crippen LogP contribution >= 0.6 is 0 Å². The van der Waals surface area contributed by atoms with Crippen LogP contribution in [0.4, 0.5) is 11.6 Å². The number of rotatable bonds is 2. The van der Waals surface area contributed by atoms with E-state index in [2.05, 4.69) is 21.9 Å². The molecule has 1 aromatic heterocycles. The molecule has 82 valence electrons. The van der Waals surface area contributed by atoms with Crippen LogP contribution in [0, 0.1) is 6.92 Å². The zero-order valence-electron chi connectivity index (χ0n) is 9.40. The molecule has 1 aliphatic carbocycles. The van der Waals surface area contributed by atoms with Crippen LogP contribution in [0.15, 0.2) is 6.33 Å². The van der Waals surface area contributed by atoms with Gasteiger partial charge in [-0.05, 0) is 19.8 Å². The summed E-state index contributed by atoms with van der Waals surface area (Å²) in [6, 6.07) is 0.623. The smallest absolute Gasteiger partial charge is 0.137 e. The maximum atomic E-state index is 5.78. The summed E-state index contributed by atoms with van der Waals surface area (Å²) >= 11 is 0. The van der Waals surface area contributed by atoms with Gasteiger partial charge < -0.3 is 10.6 Å². The molecule has 15 heavy (non-hydrogen) atoms. The first kappa shape index (κ1) is 10.2. The molecule has 0 radical (unpaired) electrons. The summed E-state index contributed by atoms with van der Waals surface area (Å²) < 4.78 is 0. The third-order valence-corrected chi connectivity index (χ3v) is 3.30. The topological polar surface area (TPSA) is 55.0 Å². The van der Waals surface area contributed by atoms with Crippen molar-refractivity contribution in [2.75, 3.05) is 17.7 Å². The molecule has 0 aliphatic heterocycles. The summed E-state index contributed by atoms with van der Waals surface area (Å²) in [5.41, 5.74) is 6.77. The molecule has 1 fully saturated rings. The number of nitrogens with zero attached hydrogens (tertiary/aromatic N) is 3. The van der Waals surface area contributed by atoms with E-state index in [1.165, 1.54) is 25.7 Å². The van der Waals surface area contributed by atoms with Gasteiger partial charge in [-0.25, -0.2) is 9.97 Å². The van der Waals surface area contributed by atoms with Crippen LogP contribution in [0.5, 0.6) is 0 Å². The summed E-state index contributed by atoms with van der Waals surface area (Å²) in [6.45, 7) is 1.98. The second-order valence-corrected chi connectivity index (χ2v) is 4.26. The highest BCUT2D eigenvalue weighted by Crippen LogP contribution is 2.28. The number of nitrogens with two attached hydrogens (primary N) is 1. The fourth-order valence-electron chi connectivity index (χ4n) is 2.27. The number of hydrogen-bond donors (Lipinski definition) is 1. The maximum absolute atomic E-state index is 5.78. The zero-order chi connectivity index (χ0) is 10.8. The van der Waals surface area contributed by atoms with Gasteiger partial charge in [0.15, 0.2) is 0 Å². The number of nitrogen functional groups attached to an aromatic ring is 1. The first-order valence-corrected chi connectivity index (χ1v) is 5.50. The average Bonchev–Trinajstić information content (AvgIpc) is 2.74. The zero-order valence-corrected chi connectivity index (χ0v) is 9.40. The normalized spacial score (nSPS) is 16.9. The maximum Gasteiger partial charge on any atom is 0.137 e. The fourth-order valence-corrected chi connectivity index (χ4v) is 2.27. The fraction of sp³-hybridized carbons (Fsp3) is 0.636. The van der Waals surface area contributed by atoms with E-state index in [0.717, 1.165) is 11.4 Å². The van der Waals surface area contributed by atoms with E-state index < -0.39 is 0 Å². The van der Waals surface area contributed by atoms with Gasteiger partial charge in [0.1, 0.15) is 18.0 Å². The minimum atomic E-state index is 0.588. The van der Waals surface area contributed by atoms with Crippen molar-refractivity contribution in [3.63, 3.8) is 0 Å². The minimum absolute atomic E-state index is 0.588. The molecule has 0 aromatic carbocycles. The molecular weight excluding hydrogens is 188 g/mol. The van der Waals surface area contributed by atoms with Crippen LogP contribution in [-0.4, -0.2) is 23.1 Å². The van der Waals surface area contributed by atoms with Crippen molar-refractivity contribution < 1.29 is 0 Å². The van der Waals surface area contributed by atoms with Crippen molar-refractivity contribution in [3.05, 3.63) is 11.9 Å². The molecule has 4 heteroatoms. The van der Waals surface area contributed by atoms with Crippen LogP contribution < -0.4 is 10.6 Å². The Bertz CT molecular complexity index is 344. The molecule has 0 saturated heterocycles. The van der Waals surface area contributed by atoms with Crippen molar-refractivity contribution in [2.45, 2.75) is 38.6 Å². The summed E-state index contributed by atoms with van der Waals surface area (Å²) in [6.07, 6.45) is 6.73. The second-order valence-electron chi connectivity index (χ2n) is 4.26. The standard InChI is InChI=1S/C11H18N4/c1-8-10(12)13-7-14-11(8)15(2)9-5-3-4-6-9/h7,9H,3-6H2,1-2H3,(H2,12,13,14). The van der Waals surface area contributed by atoms with E-state index >= 15 is 0 Å². The molecule has 0 bridgehead atoms. The third kappa shape index (κ3) is 1.89. The van der Waals surface area contributed by atoms with Crippen molar-refractivity contribution in [1.29, 1.82) is 0 Å². The van der Waals surface area contributed by atoms with Gasteiger partial charge in [-0.2, -0.15) is 0 Å². The van der Waals surface area contributed by atoms with Gasteiger partial charge >= 0.3 is 0 Å². The Kier molecular flexibility index (Phi) is 2.75. The second kappa shape index (κ2) is 4.04. The van der Waals surface area contributed by atoms with Crippen LogP contribution in [0.3, 0.4) is 0 Å². The predicted octanol–water partition coefficient (Wildman–Crippen LogP) is 1.75. The van der Waals surface area contributed by atoms with E-state index in [9.17, 15) is 0 Å². The highest BCUT2D eigenvalue weighted by Gasteiger charge is 2.22. The van der Waals surface area contributed by atoms with E-state index in [1.807, 2.05) is 6.92 Å². The summed E-state index contributed by atoms with van der Waals surface area (Å²) in [4.78, 5) is 10.6. The Morgan fingerprint density at radius 1 is 1.33 bits per heavy atom. The van der Waals surface area contributed by atoms with E-state index in [0.29, 0.717) is 11.9 Å². The molecule has 0 amide bonds. The van der Waals surface area contributed by atoms with Crippen LogP contribution in [0.1, 0.15) is 31.2 Å². The first-order chi connectivity index (χ1) is 7.20. The van der Waals surface area contributed by atoms with Crippen LogP contribution in [0.25, 0.3) is 0 Å². The molecule has 0 spiro atoms. The van der Waals surface area contributed by atoms with E-state index in [-0.39, 0.29) is 0 Å². The number of aromatic nitrogens is 2. The Morgan fingerprint density at radius 3 is 2.67 bits per heavy atom. The molecule has 2 rings (SSSR count). The molecule has 2 N–H and O–H groups in total. The monoisotopic (exact) mass is 206 g/mol. The van der Waals surface area contributed by atoms with Gasteiger partial charge in [0.05, 0.1) is 0 Å². The SMILES string of the molecule is Cc1c(N)ncnc1N(C)C1CCCC1. The Hall–Kier alpha value is -1.32. The molecule has 1 aromatic rings. The number of hydrogen-bond acceptors (Lipinski definition) is 4. The Morgan fingerprint density at radius 2 is 2.00 bits per heavy atom. The van der Waals surface area contributed by atoms with Gasteiger partial charge in [0, 0.05) is 18.7 Å². The molecule has 1 aliphatic rings. The van der Waals surface area contributed by atoms with E-state index in [4.69, 9.17) is 5.73 Å². The van der Waals surface area contributed by atoms with Crippen molar-refractivity contribution in [3.8, 4) is 0 Å². The Balaban J connectivity index is 2.24. The lowest BCUT2D eigenvalue weighted by Crippen LogP contribution is -2.30. The molecule has 1 heterocycles. The quantitative estimate of drug-likeness (QED) is 0.801. The van der Waals surface area contributed by atoms with Gasteiger partial charge in [0.25, 0.3) is 0 Å². The summed E-state index contributed by atoms with van der Waals surface area (Å²) in [5, 5.41) is 0. The molecule has 1 saturated carbocycles. The lowest BCUT2D eigenvalue weighted by Gasteiger charge is -2.26. The summed E-state index contributed by atoms with van der Waals surface area (Å²) in [7, 11) is 2.10.